The average Bonchev–Trinajstić information content (AvgIpc) is 2.55. The van der Waals surface area contributed by atoms with Crippen LogP contribution in [0, 0.1) is 0 Å². The molecule has 0 spiro atoms. The van der Waals surface area contributed by atoms with Crippen LogP contribution >= 0.6 is 15.9 Å². The number of nitrogens with zero attached hydrogens (tertiary/aromatic N) is 4. The summed E-state index contributed by atoms with van der Waals surface area (Å²) in [5.41, 5.74) is 0.506. The molecular formula is C14H19BrN6O3S. The Bertz CT molecular complexity index is 844. The van der Waals surface area contributed by atoms with Crippen LogP contribution in [0.5, 0.6) is 0 Å². The molecule has 2 aromatic heterocycles. The van der Waals surface area contributed by atoms with Crippen LogP contribution in [0.2, 0.25) is 0 Å². The Balaban J connectivity index is 2.25. The van der Waals surface area contributed by atoms with E-state index in [1.54, 1.807) is 13.1 Å². The Kier molecular flexibility index (Phi) is 5.93. The Morgan fingerprint density at radius 3 is 2.48 bits per heavy atom. The third kappa shape index (κ3) is 4.84. The number of sulfonamides is 1. The number of pyridine rings is 1. The van der Waals surface area contributed by atoms with Crippen molar-refractivity contribution in [3.63, 3.8) is 0 Å². The molecule has 2 heterocycles. The summed E-state index contributed by atoms with van der Waals surface area (Å²) in [5.74, 6) is 0.896. The lowest BCUT2D eigenvalue weighted by molar-refractivity contribution is 0.167. The van der Waals surface area contributed by atoms with E-state index in [4.69, 9.17) is 5.14 Å². The topological polar surface area (TPSA) is 134 Å². The minimum Gasteiger partial charge on any atom is -0.391 e. The largest absolute Gasteiger partial charge is 0.391 e. The van der Waals surface area contributed by atoms with E-state index in [0.717, 1.165) is 0 Å². The lowest BCUT2D eigenvalue weighted by atomic mass is 10.2. The summed E-state index contributed by atoms with van der Waals surface area (Å²) < 4.78 is 23.1. The van der Waals surface area contributed by atoms with E-state index in [1.165, 1.54) is 18.3 Å². The molecule has 2 atom stereocenters. The van der Waals surface area contributed by atoms with Gasteiger partial charge in [0.25, 0.3) is 10.0 Å². The van der Waals surface area contributed by atoms with Crippen LogP contribution < -0.4 is 15.4 Å². The molecule has 2 rings (SSSR count). The molecule has 0 aromatic carbocycles. The molecule has 0 radical (unpaired) electrons. The van der Waals surface area contributed by atoms with Crippen LogP contribution in [0.3, 0.4) is 0 Å². The van der Waals surface area contributed by atoms with E-state index < -0.39 is 16.1 Å². The number of hydrogen-bond donors (Lipinski definition) is 3. The van der Waals surface area contributed by atoms with Gasteiger partial charge in [0.2, 0.25) is 5.95 Å². The van der Waals surface area contributed by atoms with Gasteiger partial charge in [-0.15, -0.1) is 0 Å². The molecule has 25 heavy (non-hydrogen) atoms. The lowest BCUT2D eigenvalue weighted by Gasteiger charge is -2.28. The average molecular weight is 431 g/mol. The fourth-order valence-corrected chi connectivity index (χ4v) is 2.86. The van der Waals surface area contributed by atoms with Crippen LogP contribution in [0.25, 0.3) is 0 Å². The van der Waals surface area contributed by atoms with Crippen molar-refractivity contribution >= 4 is 43.4 Å². The molecular weight excluding hydrogens is 412 g/mol. The van der Waals surface area contributed by atoms with Crippen molar-refractivity contribution in [1.82, 2.24) is 15.0 Å². The number of hydrogen-bond acceptors (Lipinski definition) is 8. The van der Waals surface area contributed by atoms with E-state index in [2.05, 4.69) is 36.2 Å². The number of aromatic nitrogens is 3. The maximum atomic E-state index is 11.2. The number of aliphatic hydroxyl groups is 1. The zero-order valence-corrected chi connectivity index (χ0v) is 16.3. The Morgan fingerprint density at radius 2 is 1.96 bits per heavy atom. The second kappa shape index (κ2) is 7.60. The molecule has 0 amide bonds. The first-order valence-corrected chi connectivity index (χ1v) is 9.63. The molecule has 0 saturated carbocycles. The zero-order chi connectivity index (χ0) is 18.8. The quantitative estimate of drug-likeness (QED) is 0.622. The van der Waals surface area contributed by atoms with Gasteiger partial charge in [0.1, 0.15) is 5.82 Å². The molecule has 0 saturated heterocycles. The number of primary sulfonamides is 1. The number of rotatable bonds is 6. The van der Waals surface area contributed by atoms with Gasteiger partial charge in [-0.2, -0.15) is 4.98 Å². The third-order valence-electron chi connectivity index (χ3n) is 3.65. The fraction of sp³-hybridized carbons (Fsp3) is 0.357. The van der Waals surface area contributed by atoms with Crippen molar-refractivity contribution in [3.05, 3.63) is 29.0 Å². The third-order valence-corrected chi connectivity index (χ3v) is 5.04. The summed E-state index contributed by atoms with van der Waals surface area (Å²) in [4.78, 5) is 14.2. The number of halogens is 1. The molecule has 0 aliphatic carbocycles. The highest BCUT2D eigenvalue weighted by Gasteiger charge is 2.19. The molecule has 9 nitrogen and oxygen atoms in total. The molecule has 11 heteroatoms. The molecule has 4 N–H and O–H groups in total. The minimum absolute atomic E-state index is 0.158. The summed E-state index contributed by atoms with van der Waals surface area (Å²) >= 11 is 3.40. The van der Waals surface area contributed by atoms with Crippen molar-refractivity contribution in [2.75, 3.05) is 17.3 Å². The van der Waals surface area contributed by atoms with E-state index in [-0.39, 0.29) is 11.1 Å². The Morgan fingerprint density at radius 1 is 1.28 bits per heavy atom. The maximum Gasteiger partial charge on any atom is 0.255 e. The summed E-state index contributed by atoms with van der Waals surface area (Å²) in [7, 11) is -2.02. The van der Waals surface area contributed by atoms with Crippen molar-refractivity contribution in [3.8, 4) is 0 Å². The van der Waals surface area contributed by atoms with Gasteiger partial charge >= 0.3 is 0 Å². The number of anilines is 3. The summed E-state index contributed by atoms with van der Waals surface area (Å²) in [6.45, 7) is 3.58. The predicted molar refractivity (Wildman–Crippen MR) is 98.2 cm³/mol. The number of nitrogens with two attached hydrogens (primary N) is 1. The molecule has 0 unspecified atom stereocenters. The van der Waals surface area contributed by atoms with E-state index >= 15 is 0 Å². The predicted octanol–water partition coefficient (Wildman–Crippen LogP) is 1.23. The van der Waals surface area contributed by atoms with Crippen LogP contribution in [0.1, 0.15) is 13.8 Å². The minimum atomic E-state index is -3.84. The molecule has 0 aliphatic rings. The first-order chi connectivity index (χ1) is 11.6. The summed E-state index contributed by atoms with van der Waals surface area (Å²) in [6, 6.07) is 2.65. The normalized spacial score (nSPS) is 14.0. The summed E-state index contributed by atoms with van der Waals surface area (Å²) in [5, 5.41) is 17.5. The van der Waals surface area contributed by atoms with Crippen LogP contribution in [-0.2, 0) is 10.0 Å². The maximum absolute atomic E-state index is 11.2. The highest BCUT2D eigenvalue weighted by Crippen LogP contribution is 2.26. The van der Waals surface area contributed by atoms with Crippen LogP contribution in [0.4, 0.5) is 17.5 Å². The van der Waals surface area contributed by atoms with Gasteiger partial charge in [-0.05, 0) is 41.9 Å². The van der Waals surface area contributed by atoms with E-state index in [9.17, 15) is 13.5 Å². The first-order valence-electron chi connectivity index (χ1n) is 7.29. The zero-order valence-electron chi connectivity index (χ0n) is 13.9. The second-order valence-electron chi connectivity index (χ2n) is 5.51. The van der Waals surface area contributed by atoms with Gasteiger partial charge in [-0.25, -0.2) is 23.5 Å². The standard InChI is InChI=1S/C14H19BrN6O3S/c1-8(9(2)22)21(3)13-11(15)7-18-14(20-13)19-10-4-5-12(17-6-10)25(16,23)24/h4-9,22H,1-3H3,(H2,16,23,24)(H,18,19,20)/t8-,9-/m1/s1. The molecule has 0 aliphatic heterocycles. The van der Waals surface area contributed by atoms with Gasteiger partial charge in [-0.3, -0.25) is 0 Å². The highest BCUT2D eigenvalue weighted by atomic mass is 79.9. The Hall–Kier alpha value is -1.82. The SMILES string of the molecule is C[C@H]([C@@H](C)O)N(C)c1nc(Nc2ccc(S(N)(=O)=O)nc2)ncc1Br. The second-order valence-corrected chi connectivity index (χ2v) is 7.88. The van der Waals surface area contributed by atoms with Crippen molar-refractivity contribution in [2.24, 2.45) is 5.14 Å². The van der Waals surface area contributed by atoms with E-state index in [0.29, 0.717) is 21.9 Å². The molecule has 2 aromatic rings. The number of likely N-dealkylation sites (N-methyl/N-ethyl adjacent to an activating group) is 1. The first kappa shape index (κ1) is 19.5. The molecule has 0 bridgehead atoms. The monoisotopic (exact) mass is 430 g/mol. The van der Waals surface area contributed by atoms with Crippen molar-refractivity contribution in [1.29, 1.82) is 0 Å². The summed E-state index contributed by atoms with van der Waals surface area (Å²) in [6.07, 6.45) is 2.37. The van der Waals surface area contributed by atoms with Gasteiger partial charge in [0.05, 0.1) is 28.5 Å². The lowest BCUT2D eigenvalue weighted by Crippen LogP contribution is -2.38. The fourth-order valence-electron chi connectivity index (χ4n) is 1.93. The van der Waals surface area contributed by atoms with Crippen LogP contribution in [0.15, 0.2) is 34.0 Å². The van der Waals surface area contributed by atoms with Gasteiger partial charge < -0.3 is 15.3 Å². The van der Waals surface area contributed by atoms with Gasteiger partial charge in [0, 0.05) is 13.2 Å². The Labute approximate surface area is 154 Å². The molecule has 136 valence electrons. The smallest absolute Gasteiger partial charge is 0.255 e. The number of aliphatic hydroxyl groups excluding tert-OH is 1. The van der Waals surface area contributed by atoms with E-state index in [1.807, 2.05) is 18.9 Å². The highest BCUT2D eigenvalue weighted by molar-refractivity contribution is 9.10. The van der Waals surface area contributed by atoms with Crippen molar-refractivity contribution < 1.29 is 13.5 Å². The molecule has 0 fully saturated rings. The van der Waals surface area contributed by atoms with Gasteiger partial charge in [0.15, 0.2) is 5.03 Å². The van der Waals surface area contributed by atoms with Crippen molar-refractivity contribution in [2.45, 2.75) is 31.0 Å². The number of nitrogens with one attached hydrogen (secondary N) is 1. The van der Waals surface area contributed by atoms with Gasteiger partial charge in [-0.1, -0.05) is 0 Å². The van der Waals surface area contributed by atoms with Crippen LogP contribution in [-0.4, -0.2) is 47.7 Å².